The first-order valence-electron chi connectivity index (χ1n) is 8.89. The van der Waals surface area contributed by atoms with Crippen LogP contribution in [0.5, 0.6) is 0 Å². The summed E-state index contributed by atoms with van der Waals surface area (Å²) in [6.45, 7) is 5.27. The topological polar surface area (TPSA) is 45.5 Å². The molecule has 2 unspecified atom stereocenters. The molecule has 1 aliphatic rings. The van der Waals surface area contributed by atoms with E-state index < -0.39 is 0 Å². The number of thioether (sulfide) groups is 1. The van der Waals surface area contributed by atoms with Gasteiger partial charge < -0.3 is 14.8 Å². The number of guanidine groups is 1. The third kappa shape index (κ3) is 4.78. The second-order valence-corrected chi connectivity index (χ2v) is 7.59. The average molecular weight is 358 g/mol. The highest BCUT2D eigenvalue weighted by molar-refractivity contribution is 7.99. The van der Waals surface area contributed by atoms with Crippen LogP contribution in [0.15, 0.2) is 58.9 Å². The fraction of sp³-hybridized carbons (Fsp3) is 0.474. The fourth-order valence-electron chi connectivity index (χ4n) is 3.28. The van der Waals surface area contributed by atoms with Gasteiger partial charge in [0.1, 0.15) is 0 Å². The van der Waals surface area contributed by atoms with Gasteiger partial charge in [0.05, 0.1) is 12.4 Å². The Hall–Kier alpha value is -1.95. The summed E-state index contributed by atoms with van der Waals surface area (Å²) in [5, 5.41) is 3.52. The summed E-state index contributed by atoms with van der Waals surface area (Å²) >= 11 is 1.87. The number of nitrogens with one attached hydrogen (secondary N) is 1. The van der Waals surface area contributed by atoms with Crippen LogP contribution >= 0.6 is 11.8 Å². The maximum absolute atomic E-state index is 4.49. The van der Waals surface area contributed by atoms with Crippen molar-refractivity contribution in [1.29, 1.82) is 0 Å². The van der Waals surface area contributed by atoms with E-state index in [0.29, 0.717) is 12.0 Å². The molecule has 2 heterocycles. The van der Waals surface area contributed by atoms with E-state index in [1.54, 1.807) is 0 Å². The molecular formula is C19H27N5S. The molecule has 1 saturated heterocycles. The van der Waals surface area contributed by atoms with Gasteiger partial charge in [0.15, 0.2) is 5.96 Å². The van der Waals surface area contributed by atoms with Crippen molar-refractivity contribution in [1.82, 2.24) is 19.8 Å². The summed E-state index contributed by atoms with van der Waals surface area (Å²) in [6, 6.07) is 11.0. The highest BCUT2D eigenvalue weighted by Crippen LogP contribution is 2.27. The lowest BCUT2D eigenvalue weighted by atomic mass is 9.93. The number of likely N-dealkylation sites (tertiary alicyclic amines) is 1. The molecule has 0 aliphatic carbocycles. The Morgan fingerprint density at radius 3 is 2.92 bits per heavy atom. The van der Waals surface area contributed by atoms with E-state index >= 15 is 0 Å². The first-order valence-corrected chi connectivity index (χ1v) is 9.87. The van der Waals surface area contributed by atoms with E-state index in [-0.39, 0.29) is 0 Å². The van der Waals surface area contributed by atoms with E-state index in [1.807, 2.05) is 31.3 Å². The molecule has 0 spiro atoms. The lowest BCUT2D eigenvalue weighted by Crippen LogP contribution is -2.49. The minimum Gasteiger partial charge on any atom is -0.355 e. The second-order valence-electron chi connectivity index (χ2n) is 6.42. The van der Waals surface area contributed by atoms with E-state index in [4.69, 9.17) is 0 Å². The number of hydrogen-bond acceptors (Lipinski definition) is 3. The number of piperidine rings is 1. The zero-order valence-electron chi connectivity index (χ0n) is 15.0. The molecule has 1 aromatic heterocycles. The van der Waals surface area contributed by atoms with Crippen molar-refractivity contribution in [3.05, 3.63) is 49.1 Å². The Bertz CT molecular complexity index is 656. The maximum Gasteiger partial charge on any atom is 0.193 e. The van der Waals surface area contributed by atoms with Crippen LogP contribution in [0.3, 0.4) is 0 Å². The normalized spacial score (nSPS) is 21.4. The van der Waals surface area contributed by atoms with Gasteiger partial charge in [0.2, 0.25) is 0 Å². The van der Waals surface area contributed by atoms with Gasteiger partial charge in [-0.15, -0.1) is 11.8 Å². The van der Waals surface area contributed by atoms with E-state index in [2.05, 4.69) is 68.2 Å². The molecule has 0 radical (unpaired) electrons. The Labute approximate surface area is 154 Å². The minimum atomic E-state index is 0.452. The Morgan fingerprint density at radius 2 is 2.20 bits per heavy atom. The highest BCUT2D eigenvalue weighted by Gasteiger charge is 2.28. The van der Waals surface area contributed by atoms with E-state index in [1.165, 1.54) is 11.3 Å². The number of benzene rings is 1. The lowest BCUT2D eigenvalue weighted by molar-refractivity contribution is 0.189. The van der Waals surface area contributed by atoms with E-state index in [0.717, 1.165) is 31.3 Å². The molecule has 1 fully saturated rings. The van der Waals surface area contributed by atoms with Crippen molar-refractivity contribution >= 4 is 17.7 Å². The molecule has 1 aliphatic heterocycles. The van der Waals surface area contributed by atoms with E-state index in [9.17, 15) is 0 Å². The van der Waals surface area contributed by atoms with Crippen molar-refractivity contribution < 1.29 is 0 Å². The molecule has 0 bridgehead atoms. The van der Waals surface area contributed by atoms with Gasteiger partial charge in [0, 0.05) is 49.7 Å². The van der Waals surface area contributed by atoms with Crippen molar-refractivity contribution in [3.63, 3.8) is 0 Å². The largest absolute Gasteiger partial charge is 0.355 e. The molecule has 0 amide bonds. The van der Waals surface area contributed by atoms with Gasteiger partial charge in [-0.2, -0.15) is 0 Å². The Balaban J connectivity index is 1.50. The van der Waals surface area contributed by atoms with Crippen LogP contribution in [-0.2, 0) is 0 Å². The third-order valence-corrected chi connectivity index (χ3v) is 5.75. The van der Waals surface area contributed by atoms with Gasteiger partial charge in [-0.05, 0) is 24.5 Å². The van der Waals surface area contributed by atoms with Crippen LogP contribution in [-0.4, -0.2) is 52.8 Å². The van der Waals surface area contributed by atoms with Crippen molar-refractivity contribution in [2.75, 3.05) is 32.4 Å². The monoisotopic (exact) mass is 357 g/mol. The van der Waals surface area contributed by atoms with Crippen molar-refractivity contribution in [3.8, 4) is 0 Å². The molecule has 5 nitrogen and oxygen atoms in total. The van der Waals surface area contributed by atoms with Crippen LogP contribution in [0.25, 0.3) is 0 Å². The molecular weight excluding hydrogens is 330 g/mol. The van der Waals surface area contributed by atoms with Crippen LogP contribution in [0.2, 0.25) is 0 Å². The summed E-state index contributed by atoms with van der Waals surface area (Å²) in [4.78, 5) is 12.4. The van der Waals surface area contributed by atoms with Crippen molar-refractivity contribution in [2.24, 2.45) is 10.9 Å². The van der Waals surface area contributed by atoms with Crippen LogP contribution in [0.1, 0.15) is 19.4 Å². The van der Waals surface area contributed by atoms with Gasteiger partial charge in [-0.3, -0.25) is 4.99 Å². The minimum absolute atomic E-state index is 0.452. The van der Waals surface area contributed by atoms with Crippen LogP contribution in [0.4, 0.5) is 0 Å². The summed E-state index contributed by atoms with van der Waals surface area (Å²) in [6.07, 6.45) is 7.02. The number of aromatic nitrogens is 2. The van der Waals surface area contributed by atoms with Gasteiger partial charge >= 0.3 is 0 Å². The first-order chi connectivity index (χ1) is 12.3. The zero-order chi connectivity index (χ0) is 17.5. The van der Waals surface area contributed by atoms with Crippen LogP contribution < -0.4 is 5.32 Å². The standard InChI is InChI=1S/C19H27N5S/c1-16-8-11-23(14-18(16)24-12-9-21-15-24)19(20-2)22-10-13-25-17-6-4-3-5-7-17/h3-7,9,12,15-16,18H,8,10-11,13-14H2,1-2H3,(H,20,22). The average Bonchev–Trinajstić information content (AvgIpc) is 3.18. The molecule has 25 heavy (non-hydrogen) atoms. The van der Waals surface area contributed by atoms with Gasteiger partial charge in [-0.1, -0.05) is 25.1 Å². The molecule has 1 aromatic carbocycles. The number of aliphatic imine (C=N–C) groups is 1. The number of nitrogens with zero attached hydrogens (tertiary/aromatic N) is 4. The predicted octanol–water partition coefficient (Wildman–Crippen LogP) is 3.13. The molecule has 1 N–H and O–H groups in total. The first kappa shape index (κ1) is 17.9. The highest BCUT2D eigenvalue weighted by atomic mass is 32.2. The predicted molar refractivity (Wildman–Crippen MR) is 105 cm³/mol. The summed E-state index contributed by atoms with van der Waals surface area (Å²) in [5.41, 5.74) is 0. The molecule has 134 valence electrons. The zero-order valence-corrected chi connectivity index (χ0v) is 15.8. The lowest BCUT2D eigenvalue weighted by Gasteiger charge is -2.39. The quantitative estimate of drug-likeness (QED) is 0.386. The van der Waals surface area contributed by atoms with Gasteiger partial charge in [0.25, 0.3) is 0 Å². The second kappa shape index (κ2) is 8.94. The molecule has 6 heteroatoms. The smallest absolute Gasteiger partial charge is 0.193 e. The number of hydrogen-bond donors (Lipinski definition) is 1. The molecule has 2 atom stereocenters. The summed E-state index contributed by atoms with van der Waals surface area (Å²) in [7, 11) is 1.87. The molecule has 2 aromatic rings. The number of imidazole rings is 1. The summed E-state index contributed by atoms with van der Waals surface area (Å²) in [5.74, 6) is 2.68. The Kier molecular flexibility index (Phi) is 6.39. The van der Waals surface area contributed by atoms with Crippen LogP contribution in [0, 0.1) is 5.92 Å². The molecule has 3 rings (SSSR count). The Morgan fingerprint density at radius 1 is 1.36 bits per heavy atom. The fourth-order valence-corrected chi connectivity index (χ4v) is 4.07. The molecule has 0 saturated carbocycles. The maximum atomic E-state index is 4.49. The summed E-state index contributed by atoms with van der Waals surface area (Å²) < 4.78 is 2.23. The third-order valence-electron chi connectivity index (χ3n) is 4.73. The SMILES string of the molecule is CN=C(NCCSc1ccccc1)N1CCC(C)C(n2ccnc2)C1. The van der Waals surface area contributed by atoms with Crippen molar-refractivity contribution in [2.45, 2.75) is 24.3 Å². The number of rotatable bonds is 5. The van der Waals surface area contributed by atoms with Gasteiger partial charge in [-0.25, -0.2) is 4.98 Å².